The van der Waals surface area contributed by atoms with E-state index in [1.54, 1.807) is 11.8 Å². The number of carbonyl (C=O) groups excluding carboxylic acids is 2. The van der Waals surface area contributed by atoms with Crippen molar-refractivity contribution in [3.05, 3.63) is 0 Å². The van der Waals surface area contributed by atoms with Gasteiger partial charge in [0, 0.05) is 6.54 Å². The molecule has 1 unspecified atom stereocenters. The molecule has 1 heterocycles. The fourth-order valence-corrected chi connectivity index (χ4v) is 2.15. The zero-order valence-electron chi connectivity index (χ0n) is 11.4. The summed E-state index contributed by atoms with van der Waals surface area (Å²) in [5.41, 5.74) is 0. The Bertz CT molecular complexity index is 281. The molecule has 0 radical (unpaired) electrons. The lowest BCUT2D eigenvalue weighted by Gasteiger charge is -2.23. The van der Waals surface area contributed by atoms with Crippen LogP contribution in [0.1, 0.15) is 39.5 Å². The van der Waals surface area contributed by atoms with Crippen LogP contribution in [0.15, 0.2) is 0 Å². The van der Waals surface area contributed by atoms with Crippen LogP contribution >= 0.6 is 0 Å². The van der Waals surface area contributed by atoms with Gasteiger partial charge in [-0.2, -0.15) is 0 Å². The molecule has 1 N–H and O–H groups in total. The first-order valence-corrected chi connectivity index (χ1v) is 6.87. The number of esters is 1. The molecule has 0 aromatic carbocycles. The quantitative estimate of drug-likeness (QED) is 0.544. The highest BCUT2D eigenvalue weighted by Gasteiger charge is 2.34. The topological polar surface area (TPSA) is 58.6 Å². The predicted octanol–water partition coefficient (Wildman–Crippen LogP) is 0.930. The number of carbonyl (C=O) groups is 2. The van der Waals surface area contributed by atoms with Gasteiger partial charge < -0.3 is 15.0 Å². The summed E-state index contributed by atoms with van der Waals surface area (Å²) in [5, 5.41) is 3.11. The summed E-state index contributed by atoms with van der Waals surface area (Å²) in [6, 6.07) is -0.370. The van der Waals surface area contributed by atoms with Crippen molar-refractivity contribution in [2.75, 3.05) is 26.2 Å². The number of ether oxygens (including phenoxy) is 1. The summed E-state index contributed by atoms with van der Waals surface area (Å²) in [5.74, 6) is -0.265. The third-order valence-electron chi connectivity index (χ3n) is 3.12. The van der Waals surface area contributed by atoms with Crippen molar-refractivity contribution < 1.29 is 14.3 Å². The molecule has 5 heteroatoms. The van der Waals surface area contributed by atoms with Gasteiger partial charge in [0.15, 0.2) is 0 Å². The van der Waals surface area contributed by atoms with E-state index in [0.717, 1.165) is 32.2 Å². The van der Waals surface area contributed by atoms with Crippen molar-refractivity contribution in [2.45, 2.75) is 45.6 Å². The van der Waals surface area contributed by atoms with E-state index in [-0.39, 0.29) is 17.9 Å². The largest absolute Gasteiger partial charge is 0.464 e. The number of nitrogens with zero attached hydrogens (tertiary/aromatic N) is 1. The van der Waals surface area contributed by atoms with Crippen LogP contribution in [-0.4, -0.2) is 49.1 Å². The monoisotopic (exact) mass is 256 g/mol. The van der Waals surface area contributed by atoms with Crippen molar-refractivity contribution >= 4 is 11.9 Å². The molecule has 0 aromatic heterocycles. The number of likely N-dealkylation sites (tertiary alicyclic amines) is 1. The van der Waals surface area contributed by atoms with E-state index in [2.05, 4.69) is 12.2 Å². The average molecular weight is 256 g/mol. The van der Waals surface area contributed by atoms with E-state index in [4.69, 9.17) is 4.74 Å². The number of hydrogen-bond acceptors (Lipinski definition) is 4. The van der Waals surface area contributed by atoms with E-state index >= 15 is 0 Å². The minimum atomic E-state index is -0.370. The molecule has 1 fully saturated rings. The number of hydrogen-bond donors (Lipinski definition) is 1. The maximum Gasteiger partial charge on any atom is 0.328 e. The Balaban J connectivity index is 2.38. The van der Waals surface area contributed by atoms with Crippen LogP contribution in [0.5, 0.6) is 0 Å². The highest BCUT2D eigenvalue weighted by molar-refractivity contribution is 5.86. The summed E-state index contributed by atoms with van der Waals surface area (Å²) >= 11 is 0. The van der Waals surface area contributed by atoms with E-state index in [1.165, 1.54) is 0 Å². The molecule has 1 saturated heterocycles. The van der Waals surface area contributed by atoms with Crippen LogP contribution in [0.25, 0.3) is 0 Å². The first kappa shape index (κ1) is 15.0. The van der Waals surface area contributed by atoms with Gasteiger partial charge >= 0.3 is 5.97 Å². The summed E-state index contributed by atoms with van der Waals surface area (Å²) in [7, 11) is 0. The Morgan fingerprint density at radius 1 is 1.39 bits per heavy atom. The first-order valence-electron chi connectivity index (χ1n) is 6.87. The van der Waals surface area contributed by atoms with Crippen LogP contribution < -0.4 is 5.32 Å². The second kappa shape index (κ2) is 8.08. The van der Waals surface area contributed by atoms with Crippen LogP contribution in [0, 0.1) is 0 Å². The fraction of sp³-hybridized carbons (Fsp3) is 0.846. The summed E-state index contributed by atoms with van der Waals surface area (Å²) < 4.78 is 5.00. The molecule has 1 aliphatic heterocycles. The van der Waals surface area contributed by atoms with Crippen molar-refractivity contribution in [3.63, 3.8) is 0 Å². The SMILES string of the molecule is CCCCNCC(=O)N1CCCC1C(=O)OCC. The van der Waals surface area contributed by atoms with Crippen molar-refractivity contribution in [1.82, 2.24) is 10.2 Å². The fourth-order valence-electron chi connectivity index (χ4n) is 2.15. The van der Waals surface area contributed by atoms with Gasteiger partial charge in [0.2, 0.25) is 5.91 Å². The van der Waals surface area contributed by atoms with E-state index in [0.29, 0.717) is 19.7 Å². The average Bonchev–Trinajstić information content (AvgIpc) is 2.84. The van der Waals surface area contributed by atoms with E-state index in [1.807, 2.05) is 0 Å². The molecule has 18 heavy (non-hydrogen) atoms. The molecule has 1 rings (SSSR count). The van der Waals surface area contributed by atoms with Crippen molar-refractivity contribution in [1.29, 1.82) is 0 Å². The smallest absolute Gasteiger partial charge is 0.328 e. The third-order valence-corrected chi connectivity index (χ3v) is 3.12. The van der Waals surface area contributed by atoms with Gasteiger partial charge in [0.25, 0.3) is 0 Å². The normalized spacial score (nSPS) is 19.0. The molecule has 104 valence electrons. The van der Waals surface area contributed by atoms with Crippen LogP contribution in [0.4, 0.5) is 0 Å². The number of amides is 1. The third kappa shape index (κ3) is 4.29. The van der Waals surface area contributed by atoms with Gasteiger partial charge in [0.1, 0.15) is 6.04 Å². The maximum absolute atomic E-state index is 12.0. The van der Waals surface area contributed by atoms with Crippen LogP contribution in [0.2, 0.25) is 0 Å². The zero-order chi connectivity index (χ0) is 13.4. The molecule has 1 atom stereocenters. The summed E-state index contributed by atoms with van der Waals surface area (Å²) in [6.45, 7) is 6.09. The molecule has 5 nitrogen and oxygen atoms in total. The molecule has 0 bridgehead atoms. The second-order valence-corrected chi connectivity index (χ2v) is 4.53. The maximum atomic E-state index is 12.0. The minimum absolute atomic E-state index is 0.00153. The summed E-state index contributed by atoms with van der Waals surface area (Å²) in [6.07, 6.45) is 3.77. The van der Waals surface area contributed by atoms with Gasteiger partial charge in [-0.05, 0) is 32.7 Å². The molecule has 1 aliphatic rings. The highest BCUT2D eigenvalue weighted by atomic mass is 16.5. The lowest BCUT2D eigenvalue weighted by molar-refractivity contribution is -0.152. The van der Waals surface area contributed by atoms with Crippen LogP contribution in [0.3, 0.4) is 0 Å². The first-order chi connectivity index (χ1) is 8.70. The second-order valence-electron chi connectivity index (χ2n) is 4.53. The Labute approximate surface area is 109 Å². The molecular formula is C13H24N2O3. The molecular weight excluding hydrogens is 232 g/mol. The molecule has 0 saturated carbocycles. The van der Waals surface area contributed by atoms with Gasteiger partial charge in [-0.3, -0.25) is 4.79 Å². The number of unbranched alkanes of at least 4 members (excludes halogenated alkanes) is 1. The number of rotatable bonds is 7. The minimum Gasteiger partial charge on any atom is -0.464 e. The molecule has 1 amide bonds. The molecule has 0 aliphatic carbocycles. The Morgan fingerprint density at radius 3 is 2.83 bits per heavy atom. The van der Waals surface area contributed by atoms with Crippen molar-refractivity contribution in [3.8, 4) is 0 Å². The standard InChI is InChI=1S/C13H24N2O3/c1-3-5-8-14-10-12(16)15-9-6-7-11(15)13(17)18-4-2/h11,14H,3-10H2,1-2H3. The molecule has 0 aromatic rings. The molecule has 0 spiro atoms. The predicted molar refractivity (Wildman–Crippen MR) is 69.1 cm³/mol. The van der Waals surface area contributed by atoms with Crippen LogP contribution in [-0.2, 0) is 14.3 Å². The van der Waals surface area contributed by atoms with Gasteiger partial charge in [-0.1, -0.05) is 13.3 Å². The highest BCUT2D eigenvalue weighted by Crippen LogP contribution is 2.18. The lowest BCUT2D eigenvalue weighted by atomic mass is 10.2. The summed E-state index contributed by atoms with van der Waals surface area (Å²) in [4.78, 5) is 25.3. The lowest BCUT2D eigenvalue weighted by Crippen LogP contribution is -2.45. The Kier molecular flexibility index (Phi) is 6.72. The zero-order valence-corrected chi connectivity index (χ0v) is 11.4. The van der Waals surface area contributed by atoms with E-state index in [9.17, 15) is 9.59 Å². The van der Waals surface area contributed by atoms with E-state index < -0.39 is 0 Å². The van der Waals surface area contributed by atoms with Gasteiger partial charge in [-0.15, -0.1) is 0 Å². The van der Waals surface area contributed by atoms with Gasteiger partial charge in [0.05, 0.1) is 13.2 Å². The number of nitrogens with one attached hydrogen (secondary N) is 1. The van der Waals surface area contributed by atoms with Crippen molar-refractivity contribution in [2.24, 2.45) is 0 Å². The van der Waals surface area contributed by atoms with Gasteiger partial charge in [-0.25, -0.2) is 4.79 Å². The Morgan fingerprint density at radius 2 is 2.17 bits per heavy atom. The Hall–Kier alpha value is -1.10.